The van der Waals surface area contributed by atoms with Crippen molar-refractivity contribution in [3.63, 3.8) is 0 Å². The number of nitrogens with zero attached hydrogens (tertiary/aromatic N) is 2. The summed E-state index contributed by atoms with van der Waals surface area (Å²) in [5.41, 5.74) is 4.23. The number of H-pyrrole nitrogens is 1. The molecule has 0 saturated heterocycles. The summed E-state index contributed by atoms with van der Waals surface area (Å²) in [7, 11) is 0. The highest BCUT2D eigenvalue weighted by Crippen LogP contribution is 2.23. The van der Waals surface area contributed by atoms with E-state index in [0.29, 0.717) is 11.8 Å². The maximum absolute atomic E-state index is 4.66. The van der Waals surface area contributed by atoms with Crippen molar-refractivity contribution in [2.45, 2.75) is 39.5 Å². The molecule has 2 aromatic heterocycles. The van der Waals surface area contributed by atoms with Crippen LogP contribution in [0.1, 0.15) is 50.8 Å². The maximum Gasteiger partial charge on any atom is 0.156 e. The Bertz CT molecular complexity index is 469. The second-order valence-electron chi connectivity index (χ2n) is 4.55. The number of rotatable bonds is 2. The summed E-state index contributed by atoms with van der Waals surface area (Å²) in [5.74, 6) is 0.910. The van der Waals surface area contributed by atoms with Gasteiger partial charge in [0.1, 0.15) is 5.52 Å². The van der Waals surface area contributed by atoms with Gasteiger partial charge in [0.2, 0.25) is 0 Å². The Kier molecular flexibility index (Phi) is 2.47. The monoisotopic (exact) mass is 203 g/mol. The summed E-state index contributed by atoms with van der Waals surface area (Å²) >= 11 is 0. The highest BCUT2D eigenvalue weighted by atomic mass is 14.9. The van der Waals surface area contributed by atoms with E-state index in [4.69, 9.17) is 0 Å². The van der Waals surface area contributed by atoms with Gasteiger partial charge in [-0.15, -0.1) is 0 Å². The Morgan fingerprint density at radius 2 is 1.87 bits per heavy atom. The van der Waals surface area contributed by atoms with Gasteiger partial charge in [-0.25, -0.2) is 9.97 Å². The van der Waals surface area contributed by atoms with Crippen LogP contribution in [0.4, 0.5) is 0 Å². The van der Waals surface area contributed by atoms with Crippen LogP contribution < -0.4 is 0 Å². The van der Waals surface area contributed by atoms with Crippen molar-refractivity contribution in [1.82, 2.24) is 15.0 Å². The van der Waals surface area contributed by atoms with Crippen LogP contribution in [0.2, 0.25) is 0 Å². The maximum atomic E-state index is 4.66. The molecule has 0 aliphatic heterocycles. The van der Waals surface area contributed by atoms with Crippen molar-refractivity contribution in [1.29, 1.82) is 0 Å². The molecule has 1 N–H and O–H groups in total. The lowest BCUT2D eigenvalue weighted by Crippen LogP contribution is -1.96. The molecule has 0 spiro atoms. The van der Waals surface area contributed by atoms with Crippen LogP contribution >= 0.6 is 0 Å². The summed E-state index contributed by atoms with van der Waals surface area (Å²) in [6, 6.07) is 0. The van der Waals surface area contributed by atoms with Crippen LogP contribution in [0.25, 0.3) is 11.2 Å². The standard InChI is InChI=1S/C12H17N3/c1-7(2)9-5-13-12-11(9)15-10(6-14-12)8(3)4/h5-8H,1-4H3,(H,13,14). The smallest absolute Gasteiger partial charge is 0.156 e. The van der Waals surface area contributed by atoms with E-state index in [1.807, 2.05) is 12.4 Å². The summed E-state index contributed by atoms with van der Waals surface area (Å²) < 4.78 is 0. The van der Waals surface area contributed by atoms with Crippen LogP contribution in [-0.2, 0) is 0 Å². The zero-order chi connectivity index (χ0) is 11.0. The third-order valence-corrected chi connectivity index (χ3v) is 2.64. The summed E-state index contributed by atoms with van der Waals surface area (Å²) in [6.45, 7) is 8.62. The quantitative estimate of drug-likeness (QED) is 0.814. The number of hydrogen-bond acceptors (Lipinski definition) is 2. The lowest BCUT2D eigenvalue weighted by Gasteiger charge is -2.05. The van der Waals surface area contributed by atoms with Gasteiger partial charge in [0.05, 0.1) is 11.9 Å². The van der Waals surface area contributed by atoms with E-state index >= 15 is 0 Å². The molecule has 3 nitrogen and oxygen atoms in total. The topological polar surface area (TPSA) is 41.6 Å². The minimum atomic E-state index is 0.428. The fourth-order valence-electron chi connectivity index (χ4n) is 1.64. The van der Waals surface area contributed by atoms with Gasteiger partial charge in [-0.1, -0.05) is 27.7 Å². The summed E-state index contributed by atoms with van der Waals surface area (Å²) in [5, 5.41) is 0. The number of nitrogens with one attached hydrogen (secondary N) is 1. The minimum absolute atomic E-state index is 0.428. The molecule has 2 rings (SSSR count). The zero-order valence-corrected chi connectivity index (χ0v) is 9.70. The first kappa shape index (κ1) is 10.1. The van der Waals surface area contributed by atoms with Gasteiger partial charge in [-0.2, -0.15) is 0 Å². The molecule has 0 aromatic carbocycles. The van der Waals surface area contributed by atoms with Crippen LogP contribution in [0.15, 0.2) is 12.4 Å². The number of hydrogen-bond donors (Lipinski definition) is 1. The first-order chi connectivity index (χ1) is 7.09. The summed E-state index contributed by atoms with van der Waals surface area (Å²) in [6.07, 6.45) is 3.87. The van der Waals surface area contributed by atoms with Crippen molar-refractivity contribution in [3.8, 4) is 0 Å². The van der Waals surface area contributed by atoms with Gasteiger partial charge < -0.3 is 4.98 Å². The fraction of sp³-hybridized carbons (Fsp3) is 0.500. The lowest BCUT2D eigenvalue weighted by molar-refractivity contribution is 0.817. The molecule has 80 valence electrons. The van der Waals surface area contributed by atoms with E-state index in [0.717, 1.165) is 16.9 Å². The van der Waals surface area contributed by atoms with Gasteiger partial charge in [-0.3, -0.25) is 0 Å². The molecule has 0 fully saturated rings. The van der Waals surface area contributed by atoms with E-state index in [1.54, 1.807) is 0 Å². The van der Waals surface area contributed by atoms with E-state index in [9.17, 15) is 0 Å². The highest BCUT2D eigenvalue weighted by molar-refractivity contribution is 5.75. The van der Waals surface area contributed by atoms with Gasteiger partial charge in [0.25, 0.3) is 0 Å². The van der Waals surface area contributed by atoms with Crippen molar-refractivity contribution in [2.75, 3.05) is 0 Å². The average Bonchev–Trinajstić information content (AvgIpc) is 2.59. The first-order valence-corrected chi connectivity index (χ1v) is 5.43. The lowest BCUT2D eigenvalue weighted by atomic mass is 10.1. The van der Waals surface area contributed by atoms with Crippen LogP contribution in [0, 0.1) is 0 Å². The van der Waals surface area contributed by atoms with Gasteiger partial charge in [0.15, 0.2) is 5.65 Å². The van der Waals surface area contributed by atoms with Gasteiger partial charge in [-0.05, 0) is 11.8 Å². The Hall–Kier alpha value is -1.38. The molecule has 0 bridgehead atoms. The molecule has 0 saturated carbocycles. The normalized spacial score (nSPS) is 11.9. The molecule has 15 heavy (non-hydrogen) atoms. The SMILES string of the molecule is CC(C)c1cnc2[nH]cc(C(C)C)c2n1. The first-order valence-electron chi connectivity index (χ1n) is 5.43. The third-order valence-electron chi connectivity index (χ3n) is 2.64. The zero-order valence-electron chi connectivity index (χ0n) is 9.70. The molecule has 2 heterocycles. The van der Waals surface area contributed by atoms with Gasteiger partial charge in [0, 0.05) is 11.8 Å². The highest BCUT2D eigenvalue weighted by Gasteiger charge is 2.11. The van der Waals surface area contributed by atoms with Crippen LogP contribution in [-0.4, -0.2) is 15.0 Å². The van der Waals surface area contributed by atoms with E-state index in [1.165, 1.54) is 5.56 Å². The molecular weight excluding hydrogens is 186 g/mol. The predicted molar refractivity (Wildman–Crippen MR) is 62.1 cm³/mol. The Balaban J connectivity index is 2.61. The molecular formula is C12H17N3. The molecule has 0 radical (unpaired) electrons. The van der Waals surface area contributed by atoms with E-state index < -0.39 is 0 Å². The third kappa shape index (κ3) is 1.74. The van der Waals surface area contributed by atoms with Crippen LogP contribution in [0.5, 0.6) is 0 Å². The Morgan fingerprint density at radius 3 is 2.47 bits per heavy atom. The average molecular weight is 203 g/mol. The number of aromatic amines is 1. The minimum Gasteiger partial charge on any atom is -0.345 e. The van der Waals surface area contributed by atoms with Crippen molar-refractivity contribution in [3.05, 3.63) is 23.7 Å². The molecule has 2 aromatic rings. The second-order valence-corrected chi connectivity index (χ2v) is 4.55. The van der Waals surface area contributed by atoms with Crippen molar-refractivity contribution in [2.24, 2.45) is 0 Å². The van der Waals surface area contributed by atoms with E-state index in [-0.39, 0.29) is 0 Å². The summed E-state index contributed by atoms with van der Waals surface area (Å²) in [4.78, 5) is 12.2. The Morgan fingerprint density at radius 1 is 1.13 bits per heavy atom. The van der Waals surface area contributed by atoms with Crippen LogP contribution in [0.3, 0.4) is 0 Å². The number of fused-ring (bicyclic) bond motifs is 1. The largest absolute Gasteiger partial charge is 0.345 e. The van der Waals surface area contributed by atoms with Crippen molar-refractivity contribution >= 4 is 11.2 Å². The molecule has 0 aliphatic carbocycles. The second kappa shape index (κ2) is 3.65. The predicted octanol–water partition coefficient (Wildman–Crippen LogP) is 3.20. The molecule has 0 unspecified atom stereocenters. The molecule has 0 aliphatic rings. The fourth-order valence-corrected chi connectivity index (χ4v) is 1.64. The van der Waals surface area contributed by atoms with Crippen molar-refractivity contribution < 1.29 is 0 Å². The molecule has 3 heteroatoms. The number of aromatic nitrogens is 3. The van der Waals surface area contributed by atoms with E-state index in [2.05, 4.69) is 42.6 Å². The molecule has 0 atom stereocenters. The Labute approximate surface area is 90.0 Å². The van der Waals surface area contributed by atoms with Gasteiger partial charge >= 0.3 is 0 Å². The molecule has 0 amide bonds.